The SMILES string of the molecule is CC(C)=CCSc1cc(Br)ccc1N. The maximum absolute atomic E-state index is 5.84. The molecule has 1 nitrogen and oxygen atoms in total. The number of halogens is 1. The molecule has 1 rings (SSSR count). The van der Waals surface area contributed by atoms with Gasteiger partial charge in [0.25, 0.3) is 0 Å². The fraction of sp³-hybridized carbons (Fsp3) is 0.273. The van der Waals surface area contributed by atoms with Crippen molar-refractivity contribution in [3.8, 4) is 0 Å². The summed E-state index contributed by atoms with van der Waals surface area (Å²) in [6.07, 6.45) is 2.20. The van der Waals surface area contributed by atoms with E-state index in [0.717, 1.165) is 20.8 Å². The number of anilines is 1. The molecule has 76 valence electrons. The number of benzene rings is 1. The minimum Gasteiger partial charge on any atom is -0.398 e. The molecule has 0 amide bonds. The third-order valence-corrected chi connectivity index (χ3v) is 3.20. The highest BCUT2D eigenvalue weighted by Crippen LogP contribution is 2.28. The van der Waals surface area contributed by atoms with Gasteiger partial charge in [-0.1, -0.05) is 27.6 Å². The molecule has 0 aromatic heterocycles. The van der Waals surface area contributed by atoms with Crippen molar-refractivity contribution in [2.24, 2.45) is 0 Å². The Morgan fingerprint density at radius 3 is 2.86 bits per heavy atom. The highest BCUT2D eigenvalue weighted by atomic mass is 79.9. The van der Waals surface area contributed by atoms with Crippen molar-refractivity contribution < 1.29 is 0 Å². The van der Waals surface area contributed by atoms with Gasteiger partial charge in [-0.2, -0.15) is 0 Å². The molecule has 0 radical (unpaired) electrons. The minimum atomic E-state index is 0.848. The zero-order valence-electron chi connectivity index (χ0n) is 8.38. The molecule has 0 aliphatic rings. The molecule has 0 unspecified atom stereocenters. The predicted octanol–water partition coefficient (Wildman–Crippen LogP) is 4.09. The van der Waals surface area contributed by atoms with Crippen molar-refractivity contribution in [2.45, 2.75) is 18.7 Å². The Morgan fingerprint density at radius 2 is 2.21 bits per heavy atom. The van der Waals surface area contributed by atoms with E-state index in [2.05, 4.69) is 41.9 Å². The molecule has 0 spiro atoms. The van der Waals surface area contributed by atoms with Crippen LogP contribution in [0.4, 0.5) is 5.69 Å². The molecule has 0 aliphatic heterocycles. The van der Waals surface area contributed by atoms with Crippen LogP contribution < -0.4 is 5.73 Å². The van der Waals surface area contributed by atoms with Crippen LogP contribution in [0.1, 0.15) is 13.8 Å². The van der Waals surface area contributed by atoms with Crippen molar-refractivity contribution in [3.63, 3.8) is 0 Å². The lowest BCUT2D eigenvalue weighted by Crippen LogP contribution is -1.88. The van der Waals surface area contributed by atoms with Crippen LogP contribution >= 0.6 is 27.7 Å². The molecule has 1 aromatic carbocycles. The number of rotatable bonds is 3. The van der Waals surface area contributed by atoms with Crippen LogP contribution in [0.15, 0.2) is 39.2 Å². The van der Waals surface area contributed by atoms with Gasteiger partial charge < -0.3 is 5.73 Å². The standard InChI is InChI=1S/C11H14BrNS/c1-8(2)5-6-14-11-7-9(12)3-4-10(11)13/h3-5,7H,6,13H2,1-2H3. The summed E-state index contributed by atoms with van der Waals surface area (Å²) in [5, 5.41) is 0. The quantitative estimate of drug-likeness (QED) is 0.509. The molecule has 0 aliphatic carbocycles. The van der Waals surface area contributed by atoms with Gasteiger partial charge in [0.1, 0.15) is 0 Å². The van der Waals surface area contributed by atoms with Gasteiger partial charge in [0.05, 0.1) is 0 Å². The Kier molecular flexibility index (Phi) is 4.55. The highest BCUT2D eigenvalue weighted by molar-refractivity contribution is 9.10. The van der Waals surface area contributed by atoms with Crippen molar-refractivity contribution in [2.75, 3.05) is 11.5 Å². The van der Waals surface area contributed by atoms with Gasteiger partial charge in [0.2, 0.25) is 0 Å². The number of hydrogen-bond acceptors (Lipinski definition) is 2. The van der Waals surface area contributed by atoms with Crippen molar-refractivity contribution in [3.05, 3.63) is 34.3 Å². The summed E-state index contributed by atoms with van der Waals surface area (Å²) < 4.78 is 1.08. The maximum Gasteiger partial charge on any atom is 0.0453 e. The lowest BCUT2D eigenvalue weighted by Gasteiger charge is -2.04. The van der Waals surface area contributed by atoms with Crippen molar-refractivity contribution in [1.82, 2.24) is 0 Å². The fourth-order valence-corrected chi connectivity index (χ4v) is 2.49. The Hall–Kier alpha value is -0.410. The second-order valence-electron chi connectivity index (χ2n) is 3.27. The largest absolute Gasteiger partial charge is 0.398 e. The first-order valence-corrected chi connectivity index (χ1v) is 6.18. The average molecular weight is 272 g/mol. The summed E-state index contributed by atoms with van der Waals surface area (Å²) in [6, 6.07) is 5.94. The van der Waals surface area contributed by atoms with Gasteiger partial charge in [-0.3, -0.25) is 0 Å². The lowest BCUT2D eigenvalue weighted by molar-refractivity contribution is 1.36. The Labute approximate surface area is 97.9 Å². The summed E-state index contributed by atoms with van der Waals surface area (Å²) in [5.41, 5.74) is 8.03. The third-order valence-electron chi connectivity index (χ3n) is 1.71. The molecule has 0 bridgehead atoms. The normalized spacial score (nSPS) is 9.93. The van der Waals surface area contributed by atoms with Crippen LogP contribution in [-0.2, 0) is 0 Å². The molecule has 2 N–H and O–H groups in total. The topological polar surface area (TPSA) is 26.0 Å². The van der Waals surface area contributed by atoms with Crippen LogP contribution in [0.5, 0.6) is 0 Å². The molecule has 14 heavy (non-hydrogen) atoms. The number of thioether (sulfide) groups is 1. The smallest absolute Gasteiger partial charge is 0.0453 e. The molecule has 3 heteroatoms. The van der Waals surface area contributed by atoms with E-state index in [-0.39, 0.29) is 0 Å². The predicted molar refractivity (Wildman–Crippen MR) is 68.7 cm³/mol. The monoisotopic (exact) mass is 271 g/mol. The number of hydrogen-bond donors (Lipinski definition) is 1. The molecular weight excluding hydrogens is 258 g/mol. The van der Waals surface area contributed by atoms with E-state index in [9.17, 15) is 0 Å². The Morgan fingerprint density at radius 1 is 1.50 bits per heavy atom. The Bertz CT molecular complexity index is 343. The van der Waals surface area contributed by atoms with E-state index in [0.29, 0.717) is 0 Å². The van der Waals surface area contributed by atoms with Gasteiger partial charge >= 0.3 is 0 Å². The van der Waals surface area contributed by atoms with Gasteiger partial charge in [-0.05, 0) is 32.0 Å². The number of allylic oxidation sites excluding steroid dienone is 1. The van der Waals surface area contributed by atoms with Crippen molar-refractivity contribution >= 4 is 33.4 Å². The van der Waals surface area contributed by atoms with E-state index < -0.39 is 0 Å². The van der Waals surface area contributed by atoms with E-state index in [4.69, 9.17) is 5.73 Å². The Balaban J connectivity index is 2.67. The molecule has 0 heterocycles. The molecule has 0 saturated heterocycles. The van der Waals surface area contributed by atoms with E-state index >= 15 is 0 Å². The summed E-state index contributed by atoms with van der Waals surface area (Å²) >= 11 is 5.19. The molecular formula is C11H14BrNS. The van der Waals surface area contributed by atoms with Crippen molar-refractivity contribution in [1.29, 1.82) is 0 Å². The zero-order valence-corrected chi connectivity index (χ0v) is 10.8. The second kappa shape index (κ2) is 5.47. The maximum atomic E-state index is 5.84. The summed E-state index contributed by atoms with van der Waals surface area (Å²) in [4.78, 5) is 1.14. The van der Waals surface area contributed by atoms with Gasteiger partial charge in [0.15, 0.2) is 0 Å². The summed E-state index contributed by atoms with van der Waals surface area (Å²) in [5.74, 6) is 0.975. The molecule has 0 fully saturated rings. The second-order valence-corrected chi connectivity index (χ2v) is 5.25. The molecule has 1 aromatic rings. The zero-order chi connectivity index (χ0) is 10.6. The molecule has 0 saturated carbocycles. The fourth-order valence-electron chi connectivity index (χ4n) is 0.931. The van der Waals surface area contributed by atoms with Gasteiger partial charge in [0, 0.05) is 20.8 Å². The van der Waals surface area contributed by atoms with Gasteiger partial charge in [-0.25, -0.2) is 0 Å². The van der Waals surface area contributed by atoms with Crippen LogP contribution in [0.25, 0.3) is 0 Å². The summed E-state index contributed by atoms with van der Waals surface area (Å²) in [7, 11) is 0. The lowest BCUT2D eigenvalue weighted by atomic mass is 10.3. The van der Waals surface area contributed by atoms with Crippen LogP contribution in [-0.4, -0.2) is 5.75 Å². The van der Waals surface area contributed by atoms with E-state index in [1.165, 1.54) is 5.57 Å². The third kappa shape index (κ3) is 3.76. The highest BCUT2D eigenvalue weighted by Gasteiger charge is 1.99. The first-order chi connectivity index (χ1) is 6.59. The minimum absolute atomic E-state index is 0.848. The number of nitrogen functional groups attached to an aromatic ring is 1. The van der Waals surface area contributed by atoms with Crippen LogP contribution in [0.2, 0.25) is 0 Å². The summed E-state index contributed by atoms with van der Waals surface area (Å²) in [6.45, 7) is 4.20. The number of nitrogens with two attached hydrogens (primary N) is 1. The molecule has 0 atom stereocenters. The van der Waals surface area contributed by atoms with Crippen LogP contribution in [0.3, 0.4) is 0 Å². The first kappa shape index (κ1) is 11.7. The van der Waals surface area contributed by atoms with E-state index in [1.54, 1.807) is 11.8 Å². The van der Waals surface area contributed by atoms with Crippen LogP contribution in [0, 0.1) is 0 Å². The average Bonchev–Trinajstić information content (AvgIpc) is 2.10. The van der Waals surface area contributed by atoms with Gasteiger partial charge in [-0.15, -0.1) is 11.8 Å². The van der Waals surface area contributed by atoms with E-state index in [1.807, 2.05) is 12.1 Å². The first-order valence-electron chi connectivity index (χ1n) is 4.41.